The first-order valence-electron chi connectivity index (χ1n) is 5.82. The zero-order valence-electron chi connectivity index (χ0n) is 9.41. The van der Waals surface area contributed by atoms with Gasteiger partial charge in [-0.05, 0) is 32.1 Å². The third-order valence-electron chi connectivity index (χ3n) is 2.32. The van der Waals surface area contributed by atoms with Gasteiger partial charge in [0.1, 0.15) is 0 Å². The Kier molecular flexibility index (Phi) is 10.5. The molecule has 0 aromatic rings. The van der Waals surface area contributed by atoms with Gasteiger partial charge in [-0.1, -0.05) is 31.9 Å². The van der Waals surface area contributed by atoms with Crippen molar-refractivity contribution < 1.29 is 5.11 Å². The molecule has 0 amide bonds. The Morgan fingerprint density at radius 3 is 2.36 bits per heavy atom. The second kappa shape index (κ2) is 10.7. The Hall–Kier alpha value is -0.340. The van der Waals surface area contributed by atoms with E-state index >= 15 is 0 Å². The van der Waals surface area contributed by atoms with Crippen LogP contribution in [-0.2, 0) is 0 Å². The summed E-state index contributed by atoms with van der Waals surface area (Å²) in [5.41, 5.74) is 5.58. The zero-order valence-corrected chi connectivity index (χ0v) is 9.41. The predicted octanol–water partition coefficient (Wildman–Crippen LogP) is 2.61. The number of rotatable bonds is 9. The minimum atomic E-state index is -0.0245. The van der Waals surface area contributed by atoms with Crippen LogP contribution in [0.5, 0.6) is 0 Å². The molecular formula is C12H25NO. The van der Waals surface area contributed by atoms with Crippen molar-refractivity contribution in [2.75, 3.05) is 6.61 Å². The average molecular weight is 199 g/mol. The lowest BCUT2D eigenvalue weighted by Crippen LogP contribution is -2.23. The molecule has 0 spiro atoms. The van der Waals surface area contributed by atoms with Crippen molar-refractivity contribution in [1.82, 2.24) is 0 Å². The van der Waals surface area contributed by atoms with E-state index in [2.05, 4.69) is 19.1 Å². The van der Waals surface area contributed by atoms with Gasteiger partial charge in [-0.15, -0.1) is 0 Å². The molecule has 3 N–H and O–H groups in total. The highest BCUT2D eigenvalue weighted by Crippen LogP contribution is 2.03. The maximum absolute atomic E-state index is 8.69. The number of aliphatic hydroxyl groups excluding tert-OH is 1. The van der Waals surface area contributed by atoms with Gasteiger partial charge in [-0.3, -0.25) is 0 Å². The molecule has 0 bridgehead atoms. The molecule has 84 valence electrons. The van der Waals surface area contributed by atoms with Crippen molar-refractivity contribution in [1.29, 1.82) is 0 Å². The van der Waals surface area contributed by atoms with Crippen molar-refractivity contribution in [2.24, 2.45) is 5.73 Å². The van der Waals surface area contributed by atoms with E-state index in [0.29, 0.717) is 0 Å². The molecule has 1 atom stereocenters. The molecule has 2 nitrogen and oxygen atoms in total. The zero-order chi connectivity index (χ0) is 10.6. The van der Waals surface area contributed by atoms with Crippen LogP contribution in [0.25, 0.3) is 0 Å². The normalized spacial score (nSPS) is 13.6. The summed E-state index contributed by atoms with van der Waals surface area (Å²) >= 11 is 0. The van der Waals surface area contributed by atoms with E-state index in [0.717, 1.165) is 19.3 Å². The van der Waals surface area contributed by atoms with E-state index in [-0.39, 0.29) is 12.6 Å². The first-order chi connectivity index (χ1) is 6.81. The van der Waals surface area contributed by atoms with Crippen LogP contribution in [0.2, 0.25) is 0 Å². The Labute approximate surface area is 88.2 Å². The van der Waals surface area contributed by atoms with E-state index in [1.54, 1.807) is 0 Å². The van der Waals surface area contributed by atoms with Crippen LogP contribution in [0, 0.1) is 0 Å². The van der Waals surface area contributed by atoms with Gasteiger partial charge < -0.3 is 10.8 Å². The molecule has 14 heavy (non-hydrogen) atoms. The maximum Gasteiger partial charge on any atom is 0.0582 e. The first kappa shape index (κ1) is 13.7. The summed E-state index contributed by atoms with van der Waals surface area (Å²) in [6.45, 7) is 2.33. The van der Waals surface area contributed by atoms with Crippen LogP contribution in [0.3, 0.4) is 0 Å². The van der Waals surface area contributed by atoms with Crippen molar-refractivity contribution in [2.45, 2.75) is 57.9 Å². The summed E-state index contributed by atoms with van der Waals surface area (Å²) in [6, 6.07) is -0.0245. The van der Waals surface area contributed by atoms with Crippen LogP contribution >= 0.6 is 0 Å². The second-order valence-corrected chi connectivity index (χ2v) is 3.84. The third-order valence-corrected chi connectivity index (χ3v) is 2.32. The summed E-state index contributed by atoms with van der Waals surface area (Å²) in [6.07, 6.45) is 12.8. The number of aliphatic hydroxyl groups is 1. The fraction of sp³-hybridized carbons (Fsp3) is 0.833. The molecule has 0 aromatic carbocycles. The van der Waals surface area contributed by atoms with Crippen LogP contribution < -0.4 is 5.73 Å². The topological polar surface area (TPSA) is 46.2 Å². The highest BCUT2D eigenvalue weighted by atomic mass is 16.3. The molecule has 2 heteroatoms. The molecule has 0 saturated heterocycles. The quantitative estimate of drug-likeness (QED) is 0.443. The largest absolute Gasteiger partial charge is 0.395 e. The minimum Gasteiger partial charge on any atom is -0.395 e. The molecule has 0 fully saturated rings. The SMILES string of the molecule is CCCCC/C=C\CCCC(N)CO. The second-order valence-electron chi connectivity index (χ2n) is 3.84. The molecule has 0 radical (unpaired) electrons. The number of nitrogens with two attached hydrogens (primary N) is 1. The van der Waals surface area contributed by atoms with Crippen molar-refractivity contribution in [3.8, 4) is 0 Å². The number of allylic oxidation sites excluding steroid dienone is 2. The molecule has 0 rings (SSSR count). The average Bonchev–Trinajstić information content (AvgIpc) is 2.21. The van der Waals surface area contributed by atoms with Crippen molar-refractivity contribution in [3.05, 3.63) is 12.2 Å². The van der Waals surface area contributed by atoms with Crippen molar-refractivity contribution in [3.63, 3.8) is 0 Å². The molecule has 0 aromatic heterocycles. The smallest absolute Gasteiger partial charge is 0.0582 e. The Morgan fingerprint density at radius 2 is 1.79 bits per heavy atom. The first-order valence-corrected chi connectivity index (χ1v) is 5.82. The van der Waals surface area contributed by atoms with Crippen LogP contribution in [-0.4, -0.2) is 17.8 Å². The van der Waals surface area contributed by atoms with Gasteiger partial charge in [0.05, 0.1) is 6.61 Å². The van der Waals surface area contributed by atoms with Gasteiger partial charge in [-0.25, -0.2) is 0 Å². The number of hydrogen-bond acceptors (Lipinski definition) is 2. The fourth-order valence-electron chi connectivity index (χ4n) is 1.34. The summed E-state index contributed by atoms with van der Waals surface area (Å²) in [7, 11) is 0. The van der Waals surface area contributed by atoms with E-state index in [1.807, 2.05) is 0 Å². The molecule has 0 heterocycles. The van der Waals surface area contributed by atoms with Gasteiger partial charge in [0.15, 0.2) is 0 Å². The lowest BCUT2D eigenvalue weighted by atomic mass is 10.1. The number of unbranched alkanes of at least 4 members (excludes halogenated alkanes) is 4. The van der Waals surface area contributed by atoms with E-state index in [1.165, 1.54) is 25.7 Å². The van der Waals surface area contributed by atoms with E-state index in [4.69, 9.17) is 10.8 Å². The highest BCUT2D eigenvalue weighted by molar-refractivity contribution is 4.81. The molecule has 1 unspecified atom stereocenters. The Morgan fingerprint density at radius 1 is 1.14 bits per heavy atom. The Balaban J connectivity index is 3.10. The maximum atomic E-state index is 8.69. The van der Waals surface area contributed by atoms with E-state index in [9.17, 15) is 0 Å². The lowest BCUT2D eigenvalue weighted by Gasteiger charge is -2.04. The lowest BCUT2D eigenvalue weighted by molar-refractivity contribution is 0.258. The summed E-state index contributed by atoms with van der Waals surface area (Å²) in [5, 5.41) is 8.69. The van der Waals surface area contributed by atoms with Crippen molar-refractivity contribution >= 4 is 0 Å². The van der Waals surface area contributed by atoms with Gasteiger partial charge >= 0.3 is 0 Å². The van der Waals surface area contributed by atoms with Crippen LogP contribution in [0.15, 0.2) is 12.2 Å². The Bertz CT molecular complexity index is 134. The predicted molar refractivity (Wildman–Crippen MR) is 62.2 cm³/mol. The minimum absolute atomic E-state index is 0.0245. The molecule has 0 aliphatic heterocycles. The van der Waals surface area contributed by atoms with Gasteiger partial charge in [0.2, 0.25) is 0 Å². The van der Waals surface area contributed by atoms with Gasteiger partial charge in [0, 0.05) is 6.04 Å². The standard InChI is InChI=1S/C12H25NO/c1-2-3-4-5-6-7-8-9-10-12(13)11-14/h6-7,12,14H,2-5,8-11,13H2,1H3/b7-6-. The summed E-state index contributed by atoms with van der Waals surface area (Å²) in [5.74, 6) is 0. The third kappa shape index (κ3) is 9.75. The number of hydrogen-bond donors (Lipinski definition) is 2. The van der Waals surface area contributed by atoms with Crippen LogP contribution in [0.4, 0.5) is 0 Å². The molecule has 0 aliphatic carbocycles. The fourth-order valence-corrected chi connectivity index (χ4v) is 1.34. The highest BCUT2D eigenvalue weighted by Gasteiger charge is 1.97. The van der Waals surface area contributed by atoms with Gasteiger partial charge in [-0.2, -0.15) is 0 Å². The van der Waals surface area contributed by atoms with Crippen LogP contribution in [0.1, 0.15) is 51.9 Å². The van der Waals surface area contributed by atoms with E-state index < -0.39 is 0 Å². The molecule has 0 aliphatic rings. The summed E-state index contributed by atoms with van der Waals surface area (Å²) < 4.78 is 0. The molecule has 0 saturated carbocycles. The molecular weight excluding hydrogens is 174 g/mol. The van der Waals surface area contributed by atoms with Gasteiger partial charge in [0.25, 0.3) is 0 Å². The summed E-state index contributed by atoms with van der Waals surface area (Å²) in [4.78, 5) is 0. The monoisotopic (exact) mass is 199 g/mol.